The van der Waals surface area contributed by atoms with Crippen molar-refractivity contribution in [2.75, 3.05) is 29.9 Å². The van der Waals surface area contributed by atoms with Crippen molar-refractivity contribution < 1.29 is 9.59 Å². The largest absolute Gasteiger partial charge is 0.372 e. The number of nitrogens with zero attached hydrogens (tertiary/aromatic N) is 1. The first kappa shape index (κ1) is 20.3. The lowest BCUT2D eigenvalue weighted by molar-refractivity contribution is -0.138. The highest BCUT2D eigenvalue weighted by Gasteiger charge is 2.35. The maximum absolute atomic E-state index is 12.6. The van der Waals surface area contributed by atoms with Crippen LogP contribution in [0.2, 0.25) is 0 Å². The lowest BCUT2D eigenvalue weighted by Crippen LogP contribution is -2.45. The number of carbonyl (C=O) groups excluding carboxylic acids is 2. The molecule has 0 aliphatic carbocycles. The zero-order valence-corrected chi connectivity index (χ0v) is 16.4. The van der Waals surface area contributed by atoms with Gasteiger partial charge >= 0.3 is 0 Å². The van der Waals surface area contributed by atoms with E-state index in [2.05, 4.69) is 22.5 Å². The van der Waals surface area contributed by atoms with Crippen LogP contribution in [0, 0.1) is 5.41 Å². The summed E-state index contributed by atoms with van der Waals surface area (Å²) in [6.45, 7) is 8.26. The minimum Gasteiger partial charge on any atom is -0.372 e. The van der Waals surface area contributed by atoms with Crippen molar-refractivity contribution in [3.8, 4) is 0 Å². The Balaban J connectivity index is 1.89. The van der Waals surface area contributed by atoms with Gasteiger partial charge in [0.05, 0.1) is 0 Å². The van der Waals surface area contributed by atoms with E-state index in [0.29, 0.717) is 6.54 Å². The van der Waals surface area contributed by atoms with E-state index in [1.165, 1.54) is 24.9 Å². The van der Waals surface area contributed by atoms with Gasteiger partial charge in [-0.1, -0.05) is 19.8 Å². The number of unbranched alkanes of at least 4 members (excludes halogenated alkanes) is 2. The number of hydrogen-bond donors (Lipinski definition) is 2. The molecular weight excluding hydrogens is 326 g/mol. The Morgan fingerprint density at radius 2 is 1.65 bits per heavy atom. The van der Waals surface area contributed by atoms with Crippen molar-refractivity contribution in [1.29, 1.82) is 0 Å². The Bertz CT molecular complexity index is 590. The van der Waals surface area contributed by atoms with Crippen LogP contribution >= 0.6 is 0 Å². The molecule has 5 heteroatoms. The van der Waals surface area contributed by atoms with Gasteiger partial charge in [0.2, 0.25) is 11.8 Å². The van der Waals surface area contributed by atoms with E-state index in [4.69, 9.17) is 0 Å². The van der Waals surface area contributed by atoms with Gasteiger partial charge < -0.3 is 15.5 Å². The number of anilines is 2. The topological polar surface area (TPSA) is 61.4 Å². The first-order valence-electron chi connectivity index (χ1n) is 9.90. The van der Waals surface area contributed by atoms with E-state index in [9.17, 15) is 9.59 Å². The average Bonchev–Trinajstić information content (AvgIpc) is 2.66. The second-order valence-electron chi connectivity index (χ2n) is 7.64. The molecule has 1 aliphatic rings. The van der Waals surface area contributed by atoms with Gasteiger partial charge in [-0.15, -0.1) is 0 Å². The third kappa shape index (κ3) is 5.48. The molecule has 0 spiro atoms. The summed E-state index contributed by atoms with van der Waals surface area (Å²) in [4.78, 5) is 27.3. The fourth-order valence-corrected chi connectivity index (χ4v) is 3.10. The molecule has 26 heavy (non-hydrogen) atoms. The van der Waals surface area contributed by atoms with Gasteiger partial charge in [0.15, 0.2) is 0 Å². The number of nitrogens with one attached hydrogen (secondary N) is 2. The predicted octanol–water partition coefficient (Wildman–Crippen LogP) is 3.95. The molecule has 2 rings (SSSR count). The SMILES string of the molecule is CCCCCNC(=O)C(C)(C)C(=O)Nc1ccc(N2CCCCC2)cc1. The molecule has 1 aromatic rings. The van der Waals surface area contributed by atoms with Crippen molar-refractivity contribution in [1.82, 2.24) is 5.32 Å². The molecule has 0 bridgehead atoms. The van der Waals surface area contributed by atoms with Gasteiger partial charge in [0, 0.05) is 31.0 Å². The fraction of sp³-hybridized carbons (Fsp3) is 0.619. The monoisotopic (exact) mass is 359 g/mol. The van der Waals surface area contributed by atoms with Crippen LogP contribution in [0.25, 0.3) is 0 Å². The second kappa shape index (κ2) is 9.60. The van der Waals surface area contributed by atoms with Gasteiger partial charge in [-0.3, -0.25) is 9.59 Å². The summed E-state index contributed by atoms with van der Waals surface area (Å²) in [5.74, 6) is -0.507. The normalized spacial score (nSPS) is 14.8. The van der Waals surface area contributed by atoms with Crippen molar-refractivity contribution in [2.45, 2.75) is 59.3 Å². The highest BCUT2D eigenvalue weighted by atomic mass is 16.2. The van der Waals surface area contributed by atoms with Crippen LogP contribution in [0.1, 0.15) is 59.3 Å². The van der Waals surface area contributed by atoms with Crippen LogP contribution in [-0.4, -0.2) is 31.4 Å². The summed E-state index contributed by atoms with van der Waals surface area (Å²) in [7, 11) is 0. The lowest BCUT2D eigenvalue weighted by Gasteiger charge is -2.29. The van der Waals surface area contributed by atoms with Crippen LogP contribution < -0.4 is 15.5 Å². The second-order valence-corrected chi connectivity index (χ2v) is 7.64. The van der Waals surface area contributed by atoms with E-state index in [1.807, 2.05) is 24.3 Å². The maximum Gasteiger partial charge on any atom is 0.239 e. The molecule has 5 nitrogen and oxygen atoms in total. The first-order chi connectivity index (χ1) is 12.4. The van der Waals surface area contributed by atoms with Crippen molar-refractivity contribution >= 4 is 23.2 Å². The molecule has 0 radical (unpaired) electrons. The zero-order chi connectivity index (χ0) is 19.0. The Kier molecular flexibility index (Phi) is 7.49. The molecule has 0 saturated carbocycles. The van der Waals surface area contributed by atoms with E-state index in [0.717, 1.165) is 38.0 Å². The molecule has 1 fully saturated rings. The van der Waals surface area contributed by atoms with Gasteiger partial charge in [-0.25, -0.2) is 0 Å². The summed E-state index contributed by atoms with van der Waals surface area (Å²) >= 11 is 0. The molecular formula is C21H33N3O2. The Morgan fingerprint density at radius 1 is 1.00 bits per heavy atom. The summed E-state index contributed by atoms with van der Waals surface area (Å²) in [6.07, 6.45) is 6.90. The van der Waals surface area contributed by atoms with E-state index in [1.54, 1.807) is 13.8 Å². The number of hydrogen-bond acceptors (Lipinski definition) is 3. The minimum absolute atomic E-state index is 0.226. The number of benzene rings is 1. The predicted molar refractivity (Wildman–Crippen MR) is 107 cm³/mol. The minimum atomic E-state index is -1.10. The quantitative estimate of drug-likeness (QED) is 0.546. The number of carbonyl (C=O) groups is 2. The molecule has 1 aromatic carbocycles. The third-order valence-electron chi connectivity index (χ3n) is 5.05. The van der Waals surface area contributed by atoms with E-state index < -0.39 is 5.41 Å². The third-order valence-corrected chi connectivity index (χ3v) is 5.05. The summed E-state index contributed by atoms with van der Waals surface area (Å²) < 4.78 is 0. The van der Waals surface area contributed by atoms with Crippen LogP contribution in [0.5, 0.6) is 0 Å². The van der Waals surface area contributed by atoms with Crippen LogP contribution in [-0.2, 0) is 9.59 Å². The smallest absolute Gasteiger partial charge is 0.239 e. The number of piperidine rings is 1. The first-order valence-corrected chi connectivity index (χ1v) is 9.90. The molecule has 1 saturated heterocycles. The lowest BCUT2D eigenvalue weighted by atomic mass is 9.91. The molecule has 0 unspecified atom stereocenters. The standard InChI is InChI=1S/C21H33N3O2/c1-4-5-7-14-22-19(25)21(2,3)20(26)23-17-10-12-18(13-11-17)24-15-8-6-9-16-24/h10-13H,4-9,14-16H2,1-3H3,(H,22,25)(H,23,26). The Morgan fingerprint density at radius 3 is 2.27 bits per heavy atom. The molecule has 0 atom stereocenters. The summed E-state index contributed by atoms with van der Waals surface area (Å²) in [5, 5.41) is 5.75. The van der Waals surface area contributed by atoms with Gasteiger partial charge in [0.25, 0.3) is 0 Å². The molecule has 1 aliphatic heterocycles. The molecule has 144 valence electrons. The summed E-state index contributed by atoms with van der Waals surface area (Å²) in [6, 6.07) is 7.91. The Hall–Kier alpha value is -2.04. The zero-order valence-electron chi connectivity index (χ0n) is 16.4. The van der Waals surface area contributed by atoms with E-state index >= 15 is 0 Å². The highest BCUT2D eigenvalue weighted by Crippen LogP contribution is 2.23. The average molecular weight is 360 g/mol. The maximum atomic E-state index is 12.6. The van der Waals surface area contributed by atoms with E-state index in [-0.39, 0.29) is 11.8 Å². The molecule has 1 heterocycles. The summed E-state index contributed by atoms with van der Waals surface area (Å²) in [5.41, 5.74) is 0.816. The van der Waals surface area contributed by atoms with Crippen molar-refractivity contribution in [2.24, 2.45) is 5.41 Å². The highest BCUT2D eigenvalue weighted by molar-refractivity contribution is 6.09. The van der Waals surface area contributed by atoms with Gasteiger partial charge in [-0.2, -0.15) is 0 Å². The fourth-order valence-electron chi connectivity index (χ4n) is 3.10. The van der Waals surface area contributed by atoms with Crippen LogP contribution in [0.15, 0.2) is 24.3 Å². The molecule has 2 amide bonds. The van der Waals surface area contributed by atoms with Crippen LogP contribution in [0.4, 0.5) is 11.4 Å². The van der Waals surface area contributed by atoms with Crippen molar-refractivity contribution in [3.05, 3.63) is 24.3 Å². The Labute approximate surface area is 157 Å². The number of rotatable bonds is 8. The molecule has 0 aromatic heterocycles. The van der Waals surface area contributed by atoms with Gasteiger partial charge in [0.1, 0.15) is 5.41 Å². The molecule has 2 N–H and O–H groups in total. The van der Waals surface area contributed by atoms with Crippen molar-refractivity contribution in [3.63, 3.8) is 0 Å². The van der Waals surface area contributed by atoms with Gasteiger partial charge in [-0.05, 0) is 63.8 Å². The van der Waals surface area contributed by atoms with Crippen LogP contribution in [0.3, 0.4) is 0 Å². The number of amides is 2.